The molecule has 0 bridgehead atoms. The van der Waals surface area contributed by atoms with Gasteiger partial charge >= 0.3 is 0 Å². The van der Waals surface area contributed by atoms with Crippen molar-refractivity contribution in [3.8, 4) is 22.8 Å². The fraction of sp³-hybridized carbons (Fsp3) is 0.438. The average Bonchev–Trinajstić information content (AvgIpc) is 2.74. The lowest BCUT2D eigenvalue weighted by molar-refractivity contribution is 0.171. The van der Waals surface area contributed by atoms with Crippen LogP contribution in [0.4, 0.5) is 5.82 Å². The zero-order chi connectivity index (χ0) is 15.0. The first-order valence-electron chi connectivity index (χ1n) is 7.29. The predicted molar refractivity (Wildman–Crippen MR) is 82.6 cm³/mol. The Balaban J connectivity index is 2.01. The third-order valence-corrected chi connectivity index (χ3v) is 3.56. The molecule has 0 saturated heterocycles. The second-order valence-corrected chi connectivity index (χ2v) is 5.76. The van der Waals surface area contributed by atoms with Crippen molar-refractivity contribution in [2.24, 2.45) is 5.92 Å². The summed E-state index contributed by atoms with van der Waals surface area (Å²) < 4.78 is 13.2. The van der Waals surface area contributed by atoms with Crippen LogP contribution in [0.15, 0.2) is 18.2 Å². The van der Waals surface area contributed by atoms with E-state index in [-0.39, 0.29) is 0 Å². The van der Waals surface area contributed by atoms with Gasteiger partial charge in [0.2, 0.25) is 0 Å². The van der Waals surface area contributed by atoms with E-state index in [9.17, 15) is 0 Å². The third kappa shape index (κ3) is 2.55. The van der Waals surface area contributed by atoms with Gasteiger partial charge in [-0.25, -0.2) is 4.98 Å². The lowest BCUT2D eigenvalue weighted by Crippen LogP contribution is -2.15. The van der Waals surface area contributed by atoms with Crippen LogP contribution in [0.25, 0.3) is 11.3 Å². The molecule has 0 amide bonds. The molecule has 0 fully saturated rings. The number of nitrogens with two attached hydrogens (primary N) is 1. The maximum absolute atomic E-state index is 6.29. The molecule has 5 heteroatoms. The molecule has 2 heterocycles. The maximum atomic E-state index is 6.29. The van der Waals surface area contributed by atoms with E-state index >= 15 is 0 Å². The van der Waals surface area contributed by atoms with E-state index in [4.69, 9.17) is 15.2 Å². The van der Waals surface area contributed by atoms with Crippen molar-refractivity contribution in [1.29, 1.82) is 0 Å². The van der Waals surface area contributed by atoms with Crippen molar-refractivity contribution in [3.05, 3.63) is 24.0 Å². The Bertz CT molecular complexity index is 662. The monoisotopic (exact) mass is 287 g/mol. The number of fused-ring (bicyclic) bond motifs is 1. The predicted octanol–water partition coefficient (Wildman–Crippen LogP) is 2.87. The topological polar surface area (TPSA) is 62.3 Å². The Morgan fingerprint density at radius 2 is 1.95 bits per heavy atom. The van der Waals surface area contributed by atoms with E-state index < -0.39 is 0 Å². The standard InChI is InChI=1S/C16H21N3O2/c1-10(2)9-19-11(3)18-15(16(19)17)12-4-5-13-14(8-12)21-7-6-20-13/h4-5,8,10H,6-7,9,17H2,1-3H3. The van der Waals surface area contributed by atoms with Gasteiger partial charge in [-0.1, -0.05) is 13.8 Å². The zero-order valence-electron chi connectivity index (χ0n) is 12.7. The van der Waals surface area contributed by atoms with Crippen LogP contribution >= 0.6 is 0 Å². The summed E-state index contributed by atoms with van der Waals surface area (Å²) in [4.78, 5) is 4.62. The minimum Gasteiger partial charge on any atom is -0.486 e. The lowest BCUT2D eigenvalue weighted by atomic mass is 10.1. The molecule has 1 aromatic heterocycles. The van der Waals surface area contributed by atoms with Crippen LogP contribution in [0.5, 0.6) is 11.5 Å². The SMILES string of the molecule is Cc1nc(-c2ccc3c(c2)OCCO3)c(N)n1CC(C)C. The van der Waals surface area contributed by atoms with Crippen molar-refractivity contribution in [2.45, 2.75) is 27.3 Å². The van der Waals surface area contributed by atoms with Crippen LogP contribution in [0.1, 0.15) is 19.7 Å². The third-order valence-electron chi connectivity index (χ3n) is 3.56. The van der Waals surface area contributed by atoms with E-state index in [1.807, 2.05) is 25.1 Å². The van der Waals surface area contributed by atoms with Gasteiger partial charge in [0.25, 0.3) is 0 Å². The number of nitrogen functional groups attached to an aromatic ring is 1. The molecule has 2 N–H and O–H groups in total. The van der Waals surface area contributed by atoms with Gasteiger partial charge in [0.1, 0.15) is 30.5 Å². The first kappa shape index (κ1) is 13.8. The smallest absolute Gasteiger partial charge is 0.162 e. The second-order valence-electron chi connectivity index (χ2n) is 5.76. The summed E-state index contributed by atoms with van der Waals surface area (Å²) in [6.07, 6.45) is 0. The molecular formula is C16H21N3O2. The molecule has 5 nitrogen and oxygen atoms in total. The van der Waals surface area contributed by atoms with Gasteiger partial charge in [0, 0.05) is 12.1 Å². The van der Waals surface area contributed by atoms with Gasteiger partial charge in [0.05, 0.1) is 0 Å². The van der Waals surface area contributed by atoms with Gasteiger partial charge in [-0.2, -0.15) is 0 Å². The molecule has 0 spiro atoms. The number of hydrogen-bond acceptors (Lipinski definition) is 4. The van der Waals surface area contributed by atoms with Crippen molar-refractivity contribution in [1.82, 2.24) is 9.55 Å². The zero-order valence-corrected chi connectivity index (χ0v) is 12.7. The first-order chi connectivity index (χ1) is 10.1. The van der Waals surface area contributed by atoms with Crippen LogP contribution in [-0.4, -0.2) is 22.8 Å². The number of rotatable bonds is 3. The van der Waals surface area contributed by atoms with E-state index in [1.54, 1.807) is 0 Å². The molecule has 1 aliphatic heterocycles. The summed E-state index contributed by atoms with van der Waals surface area (Å²) in [5.74, 6) is 3.70. The highest BCUT2D eigenvalue weighted by Crippen LogP contribution is 2.36. The van der Waals surface area contributed by atoms with Crippen LogP contribution < -0.4 is 15.2 Å². The Labute approximate surface area is 124 Å². The second kappa shape index (κ2) is 5.31. The molecule has 2 aromatic rings. The molecule has 0 atom stereocenters. The van der Waals surface area contributed by atoms with Gasteiger partial charge in [0.15, 0.2) is 11.5 Å². The Morgan fingerprint density at radius 1 is 1.24 bits per heavy atom. The van der Waals surface area contributed by atoms with E-state index in [1.165, 1.54) is 0 Å². The molecule has 0 aliphatic carbocycles. The van der Waals surface area contributed by atoms with Crippen molar-refractivity contribution < 1.29 is 9.47 Å². The van der Waals surface area contributed by atoms with Crippen molar-refractivity contribution in [3.63, 3.8) is 0 Å². The normalized spacial score (nSPS) is 13.7. The quantitative estimate of drug-likeness (QED) is 0.943. The molecular weight excluding hydrogens is 266 g/mol. The highest BCUT2D eigenvalue weighted by atomic mass is 16.6. The van der Waals surface area contributed by atoms with E-state index in [0.717, 1.165) is 35.1 Å². The van der Waals surface area contributed by atoms with Gasteiger partial charge in [-0.05, 0) is 31.0 Å². The fourth-order valence-corrected chi connectivity index (χ4v) is 2.58. The summed E-state index contributed by atoms with van der Waals surface area (Å²) >= 11 is 0. The number of ether oxygens (including phenoxy) is 2. The Morgan fingerprint density at radius 3 is 2.67 bits per heavy atom. The van der Waals surface area contributed by atoms with Crippen molar-refractivity contribution >= 4 is 5.82 Å². The molecule has 3 rings (SSSR count). The minimum atomic E-state index is 0.522. The maximum Gasteiger partial charge on any atom is 0.162 e. The summed E-state index contributed by atoms with van der Waals surface area (Å²) in [5, 5.41) is 0. The number of aromatic nitrogens is 2. The molecule has 0 saturated carbocycles. The number of nitrogens with zero attached hydrogens (tertiary/aromatic N) is 2. The number of imidazole rings is 1. The van der Waals surface area contributed by atoms with E-state index in [2.05, 4.69) is 23.4 Å². The van der Waals surface area contributed by atoms with Gasteiger partial charge in [-0.15, -0.1) is 0 Å². The summed E-state index contributed by atoms with van der Waals surface area (Å²) in [5.41, 5.74) is 8.06. The Hall–Kier alpha value is -2.17. The molecule has 0 unspecified atom stereocenters. The lowest BCUT2D eigenvalue weighted by Gasteiger charge is -2.18. The first-order valence-corrected chi connectivity index (χ1v) is 7.29. The van der Waals surface area contributed by atoms with E-state index in [0.29, 0.717) is 24.9 Å². The highest BCUT2D eigenvalue weighted by molar-refractivity contribution is 5.73. The molecule has 1 aromatic carbocycles. The van der Waals surface area contributed by atoms with Crippen LogP contribution in [0, 0.1) is 12.8 Å². The number of hydrogen-bond donors (Lipinski definition) is 1. The van der Waals surface area contributed by atoms with Gasteiger partial charge < -0.3 is 19.8 Å². The van der Waals surface area contributed by atoms with Crippen LogP contribution in [0.3, 0.4) is 0 Å². The molecule has 21 heavy (non-hydrogen) atoms. The Kier molecular flexibility index (Phi) is 3.49. The average molecular weight is 287 g/mol. The van der Waals surface area contributed by atoms with Crippen LogP contribution in [0.2, 0.25) is 0 Å². The van der Waals surface area contributed by atoms with Crippen molar-refractivity contribution in [2.75, 3.05) is 18.9 Å². The summed E-state index contributed by atoms with van der Waals surface area (Å²) in [6.45, 7) is 8.37. The molecule has 112 valence electrons. The highest BCUT2D eigenvalue weighted by Gasteiger charge is 2.18. The molecule has 0 radical (unpaired) electrons. The largest absolute Gasteiger partial charge is 0.486 e. The van der Waals surface area contributed by atoms with Gasteiger partial charge in [-0.3, -0.25) is 0 Å². The van der Waals surface area contributed by atoms with Crippen LogP contribution in [-0.2, 0) is 6.54 Å². The molecule has 1 aliphatic rings. The number of benzene rings is 1. The summed E-state index contributed by atoms with van der Waals surface area (Å²) in [7, 11) is 0. The number of anilines is 1. The summed E-state index contributed by atoms with van der Waals surface area (Å²) in [6, 6.07) is 5.85. The number of aryl methyl sites for hydroxylation is 1. The minimum absolute atomic E-state index is 0.522. The fourth-order valence-electron chi connectivity index (χ4n) is 2.58.